The smallest absolute Gasteiger partial charge is 0.229 e. The van der Waals surface area contributed by atoms with E-state index in [0.717, 1.165) is 18.6 Å². The lowest BCUT2D eigenvalue weighted by Crippen LogP contribution is -2.28. The molecule has 1 aliphatic heterocycles. The van der Waals surface area contributed by atoms with Crippen LogP contribution in [0.15, 0.2) is 23.2 Å². The molecule has 2 unspecified atom stereocenters. The molecule has 8 heteroatoms. The molecule has 4 rings (SSSR count). The van der Waals surface area contributed by atoms with Crippen LogP contribution in [0.5, 0.6) is 5.75 Å². The average Bonchev–Trinajstić information content (AvgIpc) is 3.31. The molecule has 2 aromatic rings. The summed E-state index contributed by atoms with van der Waals surface area (Å²) >= 11 is -1.48. The third-order valence-corrected chi connectivity index (χ3v) is 6.18. The third kappa shape index (κ3) is 4.17. The Balaban J connectivity index is 1.38. The molecule has 1 aliphatic carbocycles. The molecule has 0 amide bonds. The summed E-state index contributed by atoms with van der Waals surface area (Å²) in [6.07, 6.45) is 6.99. The second-order valence-corrected chi connectivity index (χ2v) is 8.12. The number of nitrogens with two attached hydrogens (primary N) is 1. The van der Waals surface area contributed by atoms with E-state index in [1.807, 2.05) is 0 Å². The van der Waals surface area contributed by atoms with Crippen LogP contribution in [0.3, 0.4) is 0 Å². The molecule has 2 atom stereocenters. The summed E-state index contributed by atoms with van der Waals surface area (Å²) in [5.41, 5.74) is 8.91. The Kier molecular flexibility index (Phi) is 5.75. The SMILES string of the molecule is Nc1n[s+]([O-])[nH]c1=NCCCOc1cccc2c1CCCC2N1CCCC1. The Hall–Kier alpha value is -1.90. The van der Waals surface area contributed by atoms with Crippen molar-refractivity contribution < 1.29 is 9.29 Å². The Morgan fingerprint density at radius 3 is 2.96 bits per heavy atom. The van der Waals surface area contributed by atoms with E-state index in [1.165, 1.54) is 49.9 Å². The van der Waals surface area contributed by atoms with Crippen LogP contribution in [0.25, 0.3) is 0 Å². The van der Waals surface area contributed by atoms with Crippen molar-refractivity contribution in [2.75, 3.05) is 32.0 Å². The number of nitrogens with zero attached hydrogens (tertiary/aromatic N) is 3. The fraction of sp³-hybridized carbons (Fsp3) is 0.579. The zero-order valence-corrected chi connectivity index (χ0v) is 16.3. The predicted molar refractivity (Wildman–Crippen MR) is 105 cm³/mol. The summed E-state index contributed by atoms with van der Waals surface area (Å²) in [4.78, 5) is 6.95. The molecular weight excluding hydrogens is 362 g/mol. The second-order valence-electron chi connectivity index (χ2n) is 7.24. The van der Waals surface area contributed by atoms with Gasteiger partial charge in [-0.3, -0.25) is 9.89 Å². The van der Waals surface area contributed by atoms with Gasteiger partial charge in [0.05, 0.1) is 6.61 Å². The van der Waals surface area contributed by atoms with Crippen molar-refractivity contribution in [3.8, 4) is 5.75 Å². The van der Waals surface area contributed by atoms with E-state index in [1.54, 1.807) is 0 Å². The molecule has 1 aromatic carbocycles. The van der Waals surface area contributed by atoms with Crippen molar-refractivity contribution in [3.05, 3.63) is 34.8 Å². The summed E-state index contributed by atoms with van der Waals surface area (Å²) in [7, 11) is 0. The number of ether oxygens (including phenoxy) is 1. The van der Waals surface area contributed by atoms with Gasteiger partial charge in [0.2, 0.25) is 11.3 Å². The zero-order chi connectivity index (χ0) is 18.6. The highest BCUT2D eigenvalue weighted by atomic mass is 32.2. The molecule has 1 aromatic heterocycles. The first-order valence-electron chi connectivity index (χ1n) is 9.78. The molecular formula is C19H27N5O2S. The number of H-pyrrole nitrogens is 1. The molecule has 0 bridgehead atoms. The lowest BCUT2D eigenvalue weighted by Gasteiger charge is -2.33. The van der Waals surface area contributed by atoms with Crippen LogP contribution in [-0.2, 0) is 6.42 Å². The van der Waals surface area contributed by atoms with Crippen LogP contribution < -0.4 is 16.0 Å². The number of aromatic nitrogens is 2. The van der Waals surface area contributed by atoms with Gasteiger partial charge in [-0.1, -0.05) is 12.1 Å². The van der Waals surface area contributed by atoms with Gasteiger partial charge in [0.25, 0.3) is 0 Å². The van der Waals surface area contributed by atoms with E-state index in [9.17, 15) is 4.55 Å². The highest BCUT2D eigenvalue weighted by Crippen LogP contribution is 2.39. The molecule has 0 radical (unpaired) electrons. The van der Waals surface area contributed by atoms with Gasteiger partial charge in [-0.2, -0.15) is 0 Å². The van der Waals surface area contributed by atoms with E-state index in [2.05, 4.69) is 36.8 Å². The fourth-order valence-corrected chi connectivity index (χ4v) is 4.84. The Morgan fingerprint density at radius 1 is 1.33 bits per heavy atom. The summed E-state index contributed by atoms with van der Waals surface area (Å²) < 4.78 is 23.6. The van der Waals surface area contributed by atoms with Gasteiger partial charge >= 0.3 is 0 Å². The van der Waals surface area contributed by atoms with E-state index >= 15 is 0 Å². The Morgan fingerprint density at radius 2 is 2.19 bits per heavy atom. The Bertz CT molecular complexity index is 841. The molecule has 0 spiro atoms. The lowest BCUT2D eigenvalue weighted by molar-refractivity contribution is 0.219. The van der Waals surface area contributed by atoms with E-state index < -0.39 is 11.1 Å². The molecule has 1 fully saturated rings. The van der Waals surface area contributed by atoms with Crippen molar-refractivity contribution in [2.24, 2.45) is 4.99 Å². The van der Waals surface area contributed by atoms with Crippen molar-refractivity contribution >= 4 is 17.0 Å². The average molecular weight is 390 g/mol. The molecule has 3 N–H and O–H groups in total. The number of nitrogens with one attached hydrogen (secondary N) is 1. The largest absolute Gasteiger partial charge is 0.548 e. The number of likely N-dealkylation sites (tertiary alicyclic amines) is 1. The summed E-state index contributed by atoms with van der Waals surface area (Å²) in [5.74, 6) is 1.23. The van der Waals surface area contributed by atoms with Crippen LogP contribution in [0.2, 0.25) is 0 Å². The normalized spacial score (nSPS) is 21.4. The third-order valence-electron chi connectivity index (χ3n) is 5.45. The fourth-order valence-electron chi connectivity index (χ4n) is 4.20. The molecule has 0 saturated carbocycles. The van der Waals surface area contributed by atoms with E-state index in [0.29, 0.717) is 24.7 Å². The summed E-state index contributed by atoms with van der Waals surface area (Å²) in [6, 6.07) is 7.05. The van der Waals surface area contributed by atoms with Crippen molar-refractivity contribution in [1.82, 2.24) is 13.6 Å². The van der Waals surface area contributed by atoms with Gasteiger partial charge in [-0.25, -0.2) is 0 Å². The number of benzene rings is 1. The maximum Gasteiger partial charge on any atom is 0.229 e. The number of anilines is 1. The van der Waals surface area contributed by atoms with Crippen LogP contribution in [-0.4, -0.2) is 44.4 Å². The first kappa shape index (κ1) is 18.5. The summed E-state index contributed by atoms with van der Waals surface area (Å²) in [5, 5.41) is 0. The number of hydrogen-bond donors (Lipinski definition) is 2. The minimum absolute atomic E-state index is 0.208. The first-order chi connectivity index (χ1) is 13.2. The highest BCUT2D eigenvalue weighted by molar-refractivity contribution is 7.13. The maximum atomic E-state index is 11.2. The molecule has 2 aliphatic rings. The van der Waals surface area contributed by atoms with Gasteiger partial charge in [0.1, 0.15) is 5.75 Å². The number of nitrogen functional groups attached to an aromatic ring is 1. The maximum absolute atomic E-state index is 11.2. The van der Waals surface area contributed by atoms with Gasteiger partial charge < -0.3 is 15.0 Å². The van der Waals surface area contributed by atoms with Crippen molar-refractivity contribution in [1.29, 1.82) is 0 Å². The highest BCUT2D eigenvalue weighted by Gasteiger charge is 2.29. The van der Waals surface area contributed by atoms with Gasteiger partial charge in [0, 0.05) is 23.4 Å². The van der Waals surface area contributed by atoms with Crippen LogP contribution in [0.4, 0.5) is 5.82 Å². The molecule has 7 nitrogen and oxygen atoms in total. The molecule has 146 valence electrons. The minimum Gasteiger partial charge on any atom is -0.548 e. The monoisotopic (exact) mass is 389 g/mol. The lowest BCUT2D eigenvalue weighted by atomic mass is 9.86. The topological polar surface area (TPSA) is 103 Å². The quantitative estimate of drug-likeness (QED) is 0.584. The van der Waals surface area contributed by atoms with Crippen molar-refractivity contribution in [3.63, 3.8) is 0 Å². The van der Waals surface area contributed by atoms with Gasteiger partial charge in [-0.05, 0) is 62.4 Å². The molecule has 27 heavy (non-hydrogen) atoms. The van der Waals surface area contributed by atoms with Gasteiger partial charge in [0.15, 0.2) is 11.1 Å². The van der Waals surface area contributed by atoms with E-state index in [4.69, 9.17) is 10.5 Å². The minimum atomic E-state index is -1.48. The second kappa shape index (κ2) is 8.41. The van der Waals surface area contributed by atoms with Crippen LogP contribution in [0.1, 0.15) is 49.3 Å². The van der Waals surface area contributed by atoms with Crippen LogP contribution >= 0.6 is 11.1 Å². The zero-order valence-electron chi connectivity index (χ0n) is 15.5. The number of hydrogen-bond acceptors (Lipinski definition) is 6. The Labute approximate surface area is 162 Å². The molecule has 2 heterocycles. The van der Waals surface area contributed by atoms with Gasteiger partial charge in [-0.15, -0.1) is 4.37 Å². The molecule has 1 saturated heterocycles. The number of rotatable bonds is 6. The van der Waals surface area contributed by atoms with E-state index in [-0.39, 0.29) is 5.82 Å². The standard InChI is InChI=1S/C19H27N5O2S/c20-18-19(23-27(25)22-18)21-10-5-13-26-17-9-4-6-14-15(17)7-3-8-16(14)24-11-1-2-12-24/h4,6,9,16H,1-3,5,7-8,10-13H2,(H2,20,22)(H,21,23). The number of fused-ring (bicyclic) bond motifs is 1. The first-order valence-corrected chi connectivity index (χ1v) is 10.9. The number of aromatic amines is 1. The van der Waals surface area contributed by atoms with Crippen LogP contribution in [0, 0.1) is 0 Å². The summed E-state index contributed by atoms with van der Waals surface area (Å²) in [6.45, 7) is 3.60. The van der Waals surface area contributed by atoms with Crippen molar-refractivity contribution in [2.45, 2.75) is 44.6 Å². The predicted octanol–water partition coefficient (Wildman–Crippen LogP) is 2.56.